The first-order valence-corrected chi connectivity index (χ1v) is 7.22. The number of methoxy groups -OCH3 is 1. The standard InChI is InChI=1S/C14H15BrN4O3/c1-8-11(14(21)19-17-8)6-13(20)18-16-7-9-5-10(15)3-4-12(9)22-2/h3-5,7H,6H2,1-2H3,(H,18,20)(H2,17,19,21). The highest BCUT2D eigenvalue weighted by molar-refractivity contribution is 9.10. The SMILES string of the molecule is COc1ccc(Br)cc1C=NNC(=O)Cc1c(C)[nH][nH]c1=O. The van der Waals surface area contributed by atoms with E-state index in [2.05, 4.69) is 36.7 Å². The fraction of sp³-hybridized carbons (Fsp3) is 0.214. The summed E-state index contributed by atoms with van der Waals surface area (Å²) < 4.78 is 6.07. The van der Waals surface area contributed by atoms with Gasteiger partial charge in [0.15, 0.2) is 0 Å². The molecule has 0 atom stereocenters. The topological polar surface area (TPSA) is 99.3 Å². The summed E-state index contributed by atoms with van der Waals surface area (Å²) in [6.45, 7) is 1.72. The number of ether oxygens (including phenoxy) is 1. The molecular weight excluding hydrogens is 352 g/mol. The Morgan fingerprint density at radius 1 is 1.45 bits per heavy atom. The summed E-state index contributed by atoms with van der Waals surface area (Å²) in [5.41, 5.74) is 3.84. The van der Waals surface area contributed by atoms with Gasteiger partial charge in [-0.15, -0.1) is 0 Å². The van der Waals surface area contributed by atoms with Crippen molar-refractivity contribution in [2.75, 3.05) is 7.11 Å². The lowest BCUT2D eigenvalue weighted by molar-refractivity contribution is -0.120. The number of hydrazone groups is 1. The molecule has 8 heteroatoms. The lowest BCUT2D eigenvalue weighted by atomic mass is 10.2. The van der Waals surface area contributed by atoms with E-state index in [-0.39, 0.29) is 17.9 Å². The van der Waals surface area contributed by atoms with Crippen molar-refractivity contribution in [2.45, 2.75) is 13.3 Å². The Bertz CT molecular complexity index is 764. The van der Waals surface area contributed by atoms with E-state index in [0.717, 1.165) is 4.47 Å². The van der Waals surface area contributed by atoms with Crippen LogP contribution in [0.5, 0.6) is 5.75 Å². The molecule has 0 saturated carbocycles. The maximum absolute atomic E-state index is 11.8. The van der Waals surface area contributed by atoms with Gasteiger partial charge in [-0.3, -0.25) is 14.7 Å². The quantitative estimate of drug-likeness (QED) is 0.551. The molecule has 0 aliphatic carbocycles. The average Bonchev–Trinajstić information content (AvgIpc) is 2.79. The number of nitrogens with one attached hydrogen (secondary N) is 3. The van der Waals surface area contributed by atoms with E-state index in [1.54, 1.807) is 20.1 Å². The largest absolute Gasteiger partial charge is 0.496 e. The van der Waals surface area contributed by atoms with Crippen LogP contribution in [-0.4, -0.2) is 29.4 Å². The second-order valence-electron chi connectivity index (χ2n) is 4.54. The van der Waals surface area contributed by atoms with Gasteiger partial charge in [0.25, 0.3) is 5.56 Å². The van der Waals surface area contributed by atoms with Crippen LogP contribution in [0.1, 0.15) is 16.8 Å². The molecule has 1 heterocycles. The van der Waals surface area contributed by atoms with Crippen LogP contribution in [0.2, 0.25) is 0 Å². The van der Waals surface area contributed by atoms with E-state index in [4.69, 9.17) is 4.74 Å². The number of rotatable bonds is 5. The van der Waals surface area contributed by atoms with Crippen molar-refractivity contribution in [1.82, 2.24) is 15.6 Å². The number of aromatic amines is 2. The molecule has 0 spiro atoms. The van der Waals surface area contributed by atoms with Crippen LogP contribution in [0.3, 0.4) is 0 Å². The summed E-state index contributed by atoms with van der Waals surface area (Å²) in [6, 6.07) is 5.45. The first kappa shape index (κ1) is 16.0. The minimum absolute atomic E-state index is 0.0440. The molecule has 3 N–H and O–H groups in total. The van der Waals surface area contributed by atoms with Crippen LogP contribution in [-0.2, 0) is 11.2 Å². The smallest absolute Gasteiger partial charge is 0.267 e. The maximum Gasteiger partial charge on any atom is 0.267 e. The molecule has 2 rings (SSSR count). The fourth-order valence-corrected chi connectivity index (χ4v) is 2.24. The summed E-state index contributed by atoms with van der Waals surface area (Å²) in [4.78, 5) is 23.3. The van der Waals surface area contributed by atoms with Crippen molar-refractivity contribution in [2.24, 2.45) is 5.10 Å². The second-order valence-corrected chi connectivity index (χ2v) is 5.45. The van der Waals surface area contributed by atoms with Crippen LogP contribution in [0, 0.1) is 6.92 Å². The minimum Gasteiger partial charge on any atom is -0.496 e. The van der Waals surface area contributed by atoms with Crippen molar-refractivity contribution >= 4 is 28.1 Å². The lowest BCUT2D eigenvalue weighted by Gasteiger charge is -2.04. The van der Waals surface area contributed by atoms with Crippen LogP contribution in [0.4, 0.5) is 0 Å². The summed E-state index contributed by atoms with van der Waals surface area (Å²) in [5, 5.41) is 8.98. The number of carbonyl (C=O) groups is 1. The Hall–Kier alpha value is -2.35. The monoisotopic (exact) mass is 366 g/mol. The summed E-state index contributed by atoms with van der Waals surface area (Å²) >= 11 is 3.36. The van der Waals surface area contributed by atoms with Gasteiger partial charge in [0.1, 0.15) is 5.75 Å². The average molecular weight is 367 g/mol. The van der Waals surface area contributed by atoms with Gasteiger partial charge in [-0.2, -0.15) is 5.10 Å². The molecule has 0 fully saturated rings. The highest BCUT2D eigenvalue weighted by Gasteiger charge is 2.10. The van der Waals surface area contributed by atoms with E-state index in [1.807, 2.05) is 12.1 Å². The number of hydrogen-bond acceptors (Lipinski definition) is 4. The Kier molecular flexibility index (Phi) is 5.16. The molecule has 116 valence electrons. The van der Waals surface area contributed by atoms with Gasteiger partial charge in [-0.05, 0) is 25.1 Å². The fourth-order valence-electron chi connectivity index (χ4n) is 1.86. The van der Waals surface area contributed by atoms with Gasteiger partial charge in [0, 0.05) is 21.3 Å². The maximum atomic E-state index is 11.8. The molecule has 7 nitrogen and oxygen atoms in total. The van der Waals surface area contributed by atoms with Crippen molar-refractivity contribution in [1.29, 1.82) is 0 Å². The zero-order valence-electron chi connectivity index (χ0n) is 12.1. The molecule has 2 aromatic rings. The number of H-pyrrole nitrogens is 2. The zero-order chi connectivity index (χ0) is 16.1. The summed E-state index contributed by atoms with van der Waals surface area (Å²) in [7, 11) is 1.56. The van der Waals surface area contributed by atoms with E-state index >= 15 is 0 Å². The number of amides is 1. The van der Waals surface area contributed by atoms with Gasteiger partial charge in [0.05, 0.1) is 19.7 Å². The number of hydrogen-bond donors (Lipinski definition) is 3. The van der Waals surface area contributed by atoms with Gasteiger partial charge >= 0.3 is 0 Å². The van der Waals surface area contributed by atoms with Crippen molar-refractivity contribution in [3.63, 3.8) is 0 Å². The molecule has 1 amide bonds. The van der Waals surface area contributed by atoms with E-state index < -0.39 is 0 Å². The predicted molar refractivity (Wildman–Crippen MR) is 86.3 cm³/mol. The second kappa shape index (κ2) is 7.08. The zero-order valence-corrected chi connectivity index (χ0v) is 13.7. The third kappa shape index (κ3) is 3.85. The van der Waals surface area contributed by atoms with Crippen molar-refractivity contribution in [3.05, 3.63) is 49.8 Å². The van der Waals surface area contributed by atoms with Crippen molar-refractivity contribution < 1.29 is 9.53 Å². The normalized spacial score (nSPS) is 10.9. The van der Waals surface area contributed by atoms with Crippen LogP contribution in [0.25, 0.3) is 0 Å². The van der Waals surface area contributed by atoms with Gasteiger partial charge in [-0.25, -0.2) is 5.43 Å². The Balaban J connectivity index is 2.02. The van der Waals surface area contributed by atoms with Crippen molar-refractivity contribution in [3.8, 4) is 5.75 Å². The van der Waals surface area contributed by atoms with Gasteiger partial charge in [-0.1, -0.05) is 15.9 Å². The number of aryl methyl sites for hydroxylation is 1. The number of aromatic nitrogens is 2. The molecule has 22 heavy (non-hydrogen) atoms. The highest BCUT2D eigenvalue weighted by Crippen LogP contribution is 2.21. The first-order chi connectivity index (χ1) is 10.5. The Morgan fingerprint density at radius 3 is 2.86 bits per heavy atom. The van der Waals surface area contributed by atoms with Crippen LogP contribution in [0.15, 0.2) is 32.6 Å². The lowest BCUT2D eigenvalue weighted by Crippen LogP contribution is -2.23. The number of benzene rings is 1. The molecule has 0 aliphatic rings. The highest BCUT2D eigenvalue weighted by atomic mass is 79.9. The summed E-state index contributed by atoms with van der Waals surface area (Å²) in [6.07, 6.45) is 1.44. The molecule has 1 aromatic heterocycles. The van der Waals surface area contributed by atoms with Gasteiger partial charge in [0.2, 0.25) is 5.91 Å². The summed E-state index contributed by atoms with van der Waals surface area (Å²) in [5.74, 6) is 0.262. The third-order valence-electron chi connectivity index (χ3n) is 3.01. The molecule has 1 aromatic carbocycles. The van der Waals surface area contributed by atoms with E-state index in [9.17, 15) is 9.59 Å². The molecule has 0 radical (unpaired) electrons. The molecule has 0 aliphatic heterocycles. The minimum atomic E-state index is -0.376. The van der Waals surface area contributed by atoms with E-state index in [0.29, 0.717) is 22.6 Å². The number of carbonyl (C=O) groups excluding carboxylic acids is 1. The van der Waals surface area contributed by atoms with Gasteiger partial charge < -0.3 is 9.84 Å². The predicted octanol–water partition coefficient (Wildman–Crippen LogP) is 1.48. The molecule has 0 bridgehead atoms. The molecular formula is C14H15BrN4O3. The molecule has 0 saturated heterocycles. The third-order valence-corrected chi connectivity index (χ3v) is 3.51. The number of halogens is 1. The Morgan fingerprint density at radius 2 is 2.23 bits per heavy atom. The Labute approximate surface area is 134 Å². The first-order valence-electron chi connectivity index (χ1n) is 6.43. The van der Waals surface area contributed by atoms with Crippen LogP contribution < -0.4 is 15.7 Å². The van der Waals surface area contributed by atoms with E-state index in [1.165, 1.54) is 6.21 Å². The molecule has 0 unspecified atom stereocenters. The van der Waals surface area contributed by atoms with Crippen LogP contribution >= 0.6 is 15.9 Å². The number of nitrogens with zero attached hydrogens (tertiary/aromatic N) is 1.